The first-order valence-electron chi connectivity index (χ1n) is 8.40. The van der Waals surface area contributed by atoms with Crippen LogP contribution >= 0.6 is 0 Å². The van der Waals surface area contributed by atoms with Gasteiger partial charge in [0.1, 0.15) is 5.78 Å². The summed E-state index contributed by atoms with van der Waals surface area (Å²) < 4.78 is 93.1. The summed E-state index contributed by atoms with van der Waals surface area (Å²) in [6.45, 7) is 3.63. The molecule has 177 valence electrons. The van der Waals surface area contributed by atoms with E-state index >= 15 is 0 Å². The van der Waals surface area contributed by atoms with E-state index in [1.807, 2.05) is 0 Å². The van der Waals surface area contributed by atoms with E-state index in [0.717, 1.165) is 33.0 Å². The van der Waals surface area contributed by atoms with E-state index in [-0.39, 0.29) is 12.1 Å². The zero-order chi connectivity index (χ0) is 23.8. The zero-order valence-corrected chi connectivity index (χ0v) is 18.3. The van der Waals surface area contributed by atoms with Gasteiger partial charge in [-0.3, -0.25) is 9.59 Å². The topological polar surface area (TPSA) is 106 Å². The molecule has 0 aromatic rings. The number of hydrogen-bond donors (Lipinski definition) is 3. The van der Waals surface area contributed by atoms with Gasteiger partial charge in [0, 0.05) is 17.5 Å². The standard InChI is InChI=1S/C10H11F7O2.C6H14N2.H2O.Pt/c1-7(2,3)5(18)4-6(19)8(11,12)9(13,14)10(15,16)17;7-5-3-1-2-4-6(5)8;;/h4H2,1-3H3;5-6H,1-4,7-8H2;1H2;/q;;;+1/p-1/t;5-,6-;;/m.1../s1. The van der Waals surface area contributed by atoms with Crippen molar-refractivity contribution >= 4 is 11.6 Å². The van der Waals surface area contributed by atoms with Gasteiger partial charge in [-0.2, -0.15) is 30.7 Å². The molecule has 0 saturated heterocycles. The minimum absolute atomic E-state index is 0.281. The normalized spacial score (nSPS) is 20.7. The summed E-state index contributed by atoms with van der Waals surface area (Å²) in [5, 5.41) is 0. The number of Topliss-reactive ketones (excluding diaryl/α,β-unsaturated/α-hetero) is 2. The van der Waals surface area contributed by atoms with Crippen LogP contribution in [0.2, 0.25) is 0 Å². The summed E-state index contributed by atoms with van der Waals surface area (Å²) in [6, 6.07) is 0.562. The molecule has 13 heteroatoms. The van der Waals surface area contributed by atoms with Crippen LogP contribution in [0, 0.1) is 5.41 Å². The summed E-state index contributed by atoms with van der Waals surface area (Å²) in [7, 11) is 0. The Bertz CT molecular complexity index is 528. The summed E-state index contributed by atoms with van der Waals surface area (Å²) in [4.78, 5) is 22.1. The van der Waals surface area contributed by atoms with Crippen LogP contribution < -0.4 is 11.5 Å². The van der Waals surface area contributed by atoms with Crippen LogP contribution in [0.5, 0.6) is 0 Å². The molecule has 0 aromatic carbocycles. The predicted octanol–water partition coefficient (Wildman–Crippen LogP) is 3.05. The van der Waals surface area contributed by atoms with Crippen LogP contribution in [0.15, 0.2) is 0 Å². The molecule has 1 aliphatic carbocycles. The molecule has 0 radical (unpaired) electrons. The molecule has 1 rings (SSSR count). The second-order valence-corrected chi connectivity index (χ2v) is 7.53. The van der Waals surface area contributed by atoms with Crippen LogP contribution in [-0.4, -0.2) is 45.4 Å². The number of carbonyl (C=O) groups is 2. The number of carbonyl (C=O) groups excluding carboxylic acids is 2. The van der Waals surface area contributed by atoms with Gasteiger partial charge in [0.05, 0.1) is 6.42 Å². The number of ketones is 2. The molecule has 0 heterocycles. The second-order valence-electron chi connectivity index (χ2n) is 7.53. The molecule has 0 spiro atoms. The molecule has 1 fully saturated rings. The van der Waals surface area contributed by atoms with Crippen LogP contribution in [0.1, 0.15) is 52.9 Å². The van der Waals surface area contributed by atoms with Crippen molar-refractivity contribution in [2.75, 3.05) is 0 Å². The molecule has 1 saturated carbocycles. The Morgan fingerprint density at radius 2 is 1.21 bits per heavy atom. The summed E-state index contributed by atoms with van der Waals surface area (Å²) >= 11 is 1.14. The second kappa shape index (κ2) is 11.7. The SMILES string of the molecule is CC(C)(C)C(=O)CC(=O)C(F)(F)C(F)(F)C(F)(F)F.N[C@@H]1CCCC[C@H]1N.[OH][Pt]. The van der Waals surface area contributed by atoms with Crippen molar-refractivity contribution in [1.82, 2.24) is 0 Å². The van der Waals surface area contributed by atoms with Crippen molar-refractivity contribution in [3.05, 3.63) is 0 Å². The van der Waals surface area contributed by atoms with Crippen LogP contribution in [0.4, 0.5) is 30.7 Å². The molecule has 1 aliphatic rings. The molecule has 0 unspecified atom stereocenters. The quantitative estimate of drug-likeness (QED) is 0.331. The fourth-order valence-corrected chi connectivity index (χ4v) is 2.06. The Morgan fingerprint density at radius 1 is 0.862 bits per heavy atom. The van der Waals surface area contributed by atoms with E-state index in [9.17, 15) is 40.3 Å². The average molecular weight is 622 g/mol. The molecule has 0 bridgehead atoms. The molecule has 0 amide bonds. The van der Waals surface area contributed by atoms with E-state index in [1.165, 1.54) is 33.6 Å². The Balaban J connectivity index is 0. The molecule has 0 aliphatic heterocycles. The molecule has 5 nitrogen and oxygen atoms in total. The van der Waals surface area contributed by atoms with E-state index in [1.54, 1.807) is 0 Å². The van der Waals surface area contributed by atoms with E-state index < -0.39 is 41.4 Å². The summed E-state index contributed by atoms with van der Waals surface area (Å²) in [6.07, 6.45) is -3.48. The molecule has 5 N–H and O–H groups in total. The number of rotatable bonds is 4. The Kier molecular flexibility index (Phi) is 12.4. The third-order valence-electron chi connectivity index (χ3n) is 4.13. The monoisotopic (exact) mass is 622 g/mol. The number of alkyl halides is 7. The van der Waals surface area contributed by atoms with Crippen molar-refractivity contribution in [2.45, 2.75) is 83.0 Å². The van der Waals surface area contributed by atoms with E-state index in [2.05, 4.69) is 0 Å². The maximum absolute atomic E-state index is 12.9. The van der Waals surface area contributed by atoms with Gasteiger partial charge in [-0.1, -0.05) is 33.6 Å². The van der Waals surface area contributed by atoms with Crippen LogP contribution in [0.3, 0.4) is 0 Å². The fraction of sp³-hybridized carbons (Fsp3) is 0.875. The average Bonchev–Trinajstić information content (AvgIpc) is 2.57. The number of nitrogens with two attached hydrogens (primary N) is 2. The van der Waals surface area contributed by atoms with Gasteiger partial charge < -0.3 is 11.5 Å². The van der Waals surface area contributed by atoms with Gasteiger partial charge in [-0.15, -0.1) is 0 Å². The molecular formula is C16H26F7N2O3Pt. The first-order chi connectivity index (χ1) is 12.9. The van der Waals surface area contributed by atoms with Gasteiger partial charge in [0.25, 0.3) is 0 Å². The third kappa shape index (κ3) is 8.98. The van der Waals surface area contributed by atoms with Crippen molar-refractivity contribution in [3.63, 3.8) is 0 Å². The Hall–Kier alpha value is -0.582. The third-order valence-corrected chi connectivity index (χ3v) is 4.13. The van der Waals surface area contributed by atoms with Crippen molar-refractivity contribution in [1.29, 1.82) is 0 Å². The Morgan fingerprint density at radius 3 is 1.45 bits per heavy atom. The summed E-state index contributed by atoms with van der Waals surface area (Å²) in [5.41, 5.74) is 10.0. The number of hydrogen-bond acceptors (Lipinski definition) is 5. The minimum atomic E-state index is -6.59. The van der Waals surface area contributed by atoms with Crippen LogP contribution in [0.25, 0.3) is 0 Å². The van der Waals surface area contributed by atoms with Crippen LogP contribution in [-0.2, 0) is 29.8 Å². The fourth-order valence-electron chi connectivity index (χ4n) is 2.06. The van der Waals surface area contributed by atoms with E-state index in [4.69, 9.17) is 15.2 Å². The maximum atomic E-state index is 12.9. The van der Waals surface area contributed by atoms with Gasteiger partial charge in [-0.05, 0) is 12.8 Å². The van der Waals surface area contributed by atoms with Crippen molar-refractivity contribution in [2.24, 2.45) is 16.9 Å². The molecule has 29 heavy (non-hydrogen) atoms. The van der Waals surface area contributed by atoms with Gasteiger partial charge in [0.2, 0.25) is 5.78 Å². The first-order valence-corrected chi connectivity index (χ1v) is 9.41. The molecule has 0 aromatic heterocycles. The van der Waals surface area contributed by atoms with E-state index in [0.29, 0.717) is 0 Å². The van der Waals surface area contributed by atoms with Crippen molar-refractivity contribution < 1.29 is 64.3 Å². The molecule has 2 atom stereocenters. The summed E-state index contributed by atoms with van der Waals surface area (Å²) in [5.74, 6) is -16.4. The van der Waals surface area contributed by atoms with Crippen molar-refractivity contribution in [3.8, 4) is 0 Å². The van der Waals surface area contributed by atoms with Gasteiger partial charge in [-0.25, -0.2) is 0 Å². The van der Waals surface area contributed by atoms with Gasteiger partial charge >= 0.3 is 42.0 Å². The molecular weight excluding hydrogens is 596 g/mol. The predicted molar refractivity (Wildman–Crippen MR) is 86.7 cm³/mol. The number of halogens is 7. The van der Waals surface area contributed by atoms with Gasteiger partial charge in [0.15, 0.2) is 0 Å². The first kappa shape index (κ1) is 30.6. The zero-order valence-electron chi connectivity index (χ0n) is 16.1. The Labute approximate surface area is 176 Å².